The SMILES string of the molecule is CCc1c(C)nc(C)c(-c2ccc(CN(Cc3ccc(F)cc3)C(=O)c3ccccc3C(F)(F)F)cc2)c1N1CCC(C)(C)CC1. The van der Waals surface area contributed by atoms with E-state index in [-0.39, 0.29) is 13.1 Å². The van der Waals surface area contributed by atoms with Crippen LogP contribution in [-0.4, -0.2) is 28.9 Å². The van der Waals surface area contributed by atoms with Crippen molar-refractivity contribution >= 4 is 11.6 Å². The summed E-state index contributed by atoms with van der Waals surface area (Å²) in [4.78, 5) is 22.5. The van der Waals surface area contributed by atoms with Crippen molar-refractivity contribution in [3.63, 3.8) is 0 Å². The third-order valence-corrected chi connectivity index (χ3v) is 9.10. The Morgan fingerprint density at radius 1 is 0.870 bits per heavy atom. The van der Waals surface area contributed by atoms with Gasteiger partial charge in [-0.3, -0.25) is 9.78 Å². The topological polar surface area (TPSA) is 36.4 Å². The second-order valence-corrected chi connectivity index (χ2v) is 13.0. The van der Waals surface area contributed by atoms with Gasteiger partial charge in [0.05, 0.1) is 16.8 Å². The number of pyridine rings is 1. The Bertz CT molecular complexity index is 1690. The minimum atomic E-state index is -4.69. The van der Waals surface area contributed by atoms with Crippen LogP contribution in [0.5, 0.6) is 0 Å². The van der Waals surface area contributed by atoms with E-state index < -0.39 is 29.0 Å². The number of benzene rings is 3. The summed E-state index contributed by atoms with van der Waals surface area (Å²) in [6.07, 6.45) is -1.62. The molecule has 8 heteroatoms. The summed E-state index contributed by atoms with van der Waals surface area (Å²) >= 11 is 0. The van der Waals surface area contributed by atoms with Gasteiger partial charge in [-0.2, -0.15) is 13.2 Å². The molecule has 0 bridgehead atoms. The summed E-state index contributed by atoms with van der Waals surface area (Å²) in [7, 11) is 0. The van der Waals surface area contributed by atoms with Crippen LogP contribution in [0.25, 0.3) is 11.1 Å². The van der Waals surface area contributed by atoms with E-state index in [9.17, 15) is 22.4 Å². The minimum absolute atomic E-state index is 0.0172. The first-order valence-corrected chi connectivity index (χ1v) is 15.8. The molecule has 4 aromatic rings. The summed E-state index contributed by atoms with van der Waals surface area (Å²) in [6, 6.07) is 18.3. The number of aryl methyl sites for hydroxylation is 2. The fraction of sp³-hybridized carbons (Fsp3) is 0.368. The minimum Gasteiger partial charge on any atom is -0.371 e. The van der Waals surface area contributed by atoms with Crippen LogP contribution in [0.3, 0.4) is 0 Å². The van der Waals surface area contributed by atoms with Gasteiger partial charge >= 0.3 is 6.18 Å². The van der Waals surface area contributed by atoms with Gasteiger partial charge in [0, 0.05) is 43.1 Å². The second kappa shape index (κ2) is 13.3. The predicted octanol–water partition coefficient (Wildman–Crippen LogP) is 9.55. The molecule has 242 valence electrons. The standard InChI is InChI=1S/C38H41F4N3O/c1-6-31-25(2)43-26(3)34(35(31)44-21-19-37(4,5)20-22-44)29-15-11-27(12-16-29)23-45(24-28-13-17-30(39)18-14-28)36(46)32-9-7-8-10-33(32)38(40,41)42/h7-18H,6,19-24H2,1-5H3. The molecule has 2 heterocycles. The van der Waals surface area contributed by atoms with Crippen molar-refractivity contribution in [2.24, 2.45) is 5.41 Å². The molecule has 0 aliphatic carbocycles. The van der Waals surface area contributed by atoms with Crippen LogP contribution in [-0.2, 0) is 25.7 Å². The number of anilines is 1. The van der Waals surface area contributed by atoms with Gasteiger partial charge in [-0.1, -0.05) is 69.3 Å². The van der Waals surface area contributed by atoms with Crippen molar-refractivity contribution in [3.8, 4) is 11.1 Å². The second-order valence-electron chi connectivity index (χ2n) is 13.0. The molecule has 0 N–H and O–H groups in total. The molecule has 1 saturated heterocycles. The summed E-state index contributed by atoms with van der Waals surface area (Å²) in [5, 5.41) is 0. The predicted molar refractivity (Wildman–Crippen MR) is 175 cm³/mol. The third-order valence-electron chi connectivity index (χ3n) is 9.10. The molecule has 0 radical (unpaired) electrons. The lowest BCUT2D eigenvalue weighted by molar-refractivity contribution is -0.138. The number of aromatic nitrogens is 1. The fourth-order valence-corrected chi connectivity index (χ4v) is 6.42. The molecule has 5 rings (SSSR count). The van der Waals surface area contributed by atoms with Gasteiger partial charge in [0.15, 0.2) is 0 Å². The molecule has 1 fully saturated rings. The number of amides is 1. The van der Waals surface area contributed by atoms with E-state index in [1.165, 1.54) is 58.6 Å². The lowest BCUT2D eigenvalue weighted by Gasteiger charge is -2.40. The molecule has 1 amide bonds. The molecule has 0 saturated carbocycles. The maximum absolute atomic E-state index is 13.9. The first kappa shape index (κ1) is 33.2. The Balaban J connectivity index is 1.50. The molecule has 46 heavy (non-hydrogen) atoms. The largest absolute Gasteiger partial charge is 0.417 e. The van der Waals surface area contributed by atoms with Gasteiger partial charge in [-0.25, -0.2) is 4.39 Å². The zero-order chi connectivity index (χ0) is 33.2. The van der Waals surface area contributed by atoms with Gasteiger partial charge < -0.3 is 9.80 Å². The van der Waals surface area contributed by atoms with Crippen LogP contribution >= 0.6 is 0 Å². The Morgan fingerprint density at radius 2 is 1.43 bits per heavy atom. The average Bonchev–Trinajstić information content (AvgIpc) is 3.01. The number of piperidine rings is 1. The normalized spacial score (nSPS) is 14.8. The molecule has 0 unspecified atom stereocenters. The van der Waals surface area contributed by atoms with Crippen LogP contribution in [0, 0.1) is 25.1 Å². The van der Waals surface area contributed by atoms with E-state index in [2.05, 4.69) is 32.6 Å². The van der Waals surface area contributed by atoms with Gasteiger partial charge in [0.1, 0.15) is 5.82 Å². The molecular weight excluding hydrogens is 590 g/mol. The highest BCUT2D eigenvalue weighted by atomic mass is 19.4. The number of rotatable bonds is 8. The van der Waals surface area contributed by atoms with E-state index >= 15 is 0 Å². The smallest absolute Gasteiger partial charge is 0.371 e. The lowest BCUT2D eigenvalue weighted by Crippen LogP contribution is -2.38. The van der Waals surface area contributed by atoms with E-state index in [1.807, 2.05) is 31.2 Å². The summed E-state index contributed by atoms with van der Waals surface area (Å²) in [5.41, 5.74) is 6.81. The first-order chi connectivity index (χ1) is 21.8. The maximum atomic E-state index is 13.9. The summed E-state index contributed by atoms with van der Waals surface area (Å²) in [5.74, 6) is -1.18. The number of hydrogen-bond donors (Lipinski definition) is 0. The lowest BCUT2D eigenvalue weighted by atomic mass is 9.82. The van der Waals surface area contributed by atoms with E-state index in [4.69, 9.17) is 4.98 Å². The van der Waals surface area contributed by atoms with Crippen molar-refractivity contribution in [2.75, 3.05) is 18.0 Å². The molecule has 0 atom stereocenters. The molecule has 4 nitrogen and oxygen atoms in total. The third kappa shape index (κ3) is 7.27. The average molecular weight is 632 g/mol. The van der Waals surface area contributed by atoms with Gasteiger partial charge in [-0.05, 0) is 85.0 Å². The van der Waals surface area contributed by atoms with Crippen LogP contribution in [0.15, 0.2) is 72.8 Å². The Labute approximate surface area is 269 Å². The van der Waals surface area contributed by atoms with Crippen molar-refractivity contribution in [1.82, 2.24) is 9.88 Å². The van der Waals surface area contributed by atoms with Crippen molar-refractivity contribution < 1.29 is 22.4 Å². The fourth-order valence-electron chi connectivity index (χ4n) is 6.42. The monoisotopic (exact) mass is 631 g/mol. The van der Waals surface area contributed by atoms with Gasteiger partial charge in [-0.15, -0.1) is 0 Å². The zero-order valence-corrected chi connectivity index (χ0v) is 27.1. The zero-order valence-electron chi connectivity index (χ0n) is 27.1. The van der Waals surface area contributed by atoms with Crippen LogP contribution in [0.1, 0.15) is 77.6 Å². The highest BCUT2D eigenvalue weighted by Crippen LogP contribution is 2.41. The molecule has 1 aromatic heterocycles. The molecule has 0 spiro atoms. The van der Waals surface area contributed by atoms with Crippen molar-refractivity contribution in [1.29, 1.82) is 0 Å². The van der Waals surface area contributed by atoms with Crippen molar-refractivity contribution in [3.05, 3.63) is 118 Å². The van der Waals surface area contributed by atoms with E-state index in [1.54, 1.807) is 0 Å². The Kier molecular flexibility index (Phi) is 9.57. The number of alkyl halides is 3. The number of hydrogen-bond acceptors (Lipinski definition) is 3. The van der Waals surface area contributed by atoms with E-state index in [0.717, 1.165) is 66.5 Å². The Morgan fingerprint density at radius 3 is 2.00 bits per heavy atom. The highest BCUT2D eigenvalue weighted by Gasteiger charge is 2.36. The quantitative estimate of drug-likeness (QED) is 0.182. The number of nitrogens with zero attached hydrogens (tertiary/aromatic N) is 3. The first-order valence-electron chi connectivity index (χ1n) is 15.8. The number of carbonyl (C=O) groups excluding carboxylic acids is 1. The maximum Gasteiger partial charge on any atom is 0.417 e. The van der Waals surface area contributed by atoms with Crippen LogP contribution in [0.4, 0.5) is 23.2 Å². The molecule has 1 aliphatic heterocycles. The number of halogens is 4. The molecule has 1 aliphatic rings. The summed E-state index contributed by atoms with van der Waals surface area (Å²) in [6.45, 7) is 12.9. The van der Waals surface area contributed by atoms with Gasteiger partial charge in [0.25, 0.3) is 5.91 Å². The molecule has 3 aromatic carbocycles. The van der Waals surface area contributed by atoms with Gasteiger partial charge in [0.2, 0.25) is 0 Å². The van der Waals surface area contributed by atoms with E-state index in [0.29, 0.717) is 11.0 Å². The van der Waals surface area contributed by atoms with Crippen LogP contribution in [0.2, 0.25) is 0 Å². The number of carbonyl (C=O) groups is 1. The Hall–Kier alpha value is -4.20. The molecular formula is C38H41F4N3O. The summed E-state index contributed by atoms with van der Waals surface area (Å²) < 4.78 is 55.2. The van der Waals surface area contributed by atoms with Crippen molar-refractivity contribution in [2.45, 2.75) is 73.1 Å². The highest BCUT2D eigenvalue weighted by molar-refractivity contribution is 5.96. The van der Waals surface area contributed by atoms with Crippen LogP contribution < -0.4 is 4.90 Å².